The fraction of sp³-hybridized carbons (Fsp3) is 0.562. The average Bonchev–Trinajstić information content (AvgIpc) is 2.43. The Morgan fingerprint density at radius 2 is 1.90 bits per heavy atom. The minimum atomic E-state index is -0.384. The van der Waals surface area contributed by atoms with Crippen LogP contribution in [0.2, 0.25) is 0 Å². The van der Waals surface area contributed by atoms with E-state index < -0.39 is 0 Å². The van der Waals surface area contributed by atoms with Crippen molar-refractivity contribution in [2.75, 3.05) is 13.1 Å². The number of nitrogens with zero attached hydrogens (tertiary/aromatic N) is 1. The number of hydrogen-bond donors (Lipinski definition) is 2. The van der Waals surface area contributed by atoms with Gasteiger partial charge < -0.3 is 10.6 Å². The third-order valence-corrected chi connectivity index (χ3v) is 2.98. The van der Waals surface area contributed by atoms with Crippen LogP contribution in [-0.2, 0) is 16.0 Å². The van der Waals surface area contributed by atoms with Gasteiger partial charge in [0.05, 0.1) is 0 Å². The maximum atomic E-state index is 11.6. The molecule has 1 aromatic rings. The molecule has 0 atom stereocenters. The van der Waals surface area contributed by atoms with E-state index in [2.05, 4.69) is 15.6 Å². The number of carbonyl (C=O) groups excluding carboxylic acids is 2. The molecular weight excluding hydrogens is 266 g/mol. The van der Waals surface area contributed by atoms with E-state index in [9.17, 15) is 9.59 Å². The van der Waals surface area contributed by atoms with Gasteiger partial charge in [0.25, 0.3) is 0 Å². The number of aromatic nitrogens is 1. The fourth-order valence-corrected chi connectivity index (χ4v) is 1.68. The lowest BCUT2D eigenvalue weighted by molar-refractivity contribution is -0.128. The zero-order chi connectivity index (χ0) is 15.7. The van der Waals surface area contributed by atoms with Crippen LogP contribution in [-0.4, -0.2) is 29.9 Å². The van der Waals surface area contributed by atoms with E-state index in [4.69, 9.17) is 0 Å². The highest BCUT2D eigenvalue weighted by Gasteiger charge is 2.20. The third kappa shape index (κ3) is 7.44. The second-order valence-electron chi connectivity index (χ2n) is 6.03. The summed E-state index contributed by atoms with van der Waals surface area (Å²) < 4.78 is 0. The number of amides is 2. The smallest absolute Gasteiger partial charge is 0.225 e. The summed E-state index contributed by atoms with van der Waals surface area (Å²) in [6.45, 7) is 6.72. The normalized spacial score (nSPS) is 11.0. The Kier molecular flexibility index (Phi) is 6.85. The van der Waals surface area contributed by atoms with Gasteiger partial charge in [-0.15, -0.1) is 0 Å². The molecule has 0 aromatic carbocycles. The molecule has 1 aromatic heterocycles. The first-order chi connectivity index (χ1) is 9.89. The Hall–Kier alpha value is -1.91. The summed E-state index contributed by atoms with van der Waals surface area (Å²) in [5, 5.41) is 5.69. The van der Waals surface area contributed by atoms with Crippen LogP contribution in [0.15, 0.2) is 24.4 Å². The van der Waals surface area contributed by atoms with E-state index in [0.717, 1.165) is 12.1 Å². The second-order valence-corrected chi connectivity index (χ2v) is 6.03. The quantitative estimate of drug-likeness (QED) is 0.751. The van der Waals surface area contributed by atoms with Crippen molar-refractivity contribution in [2.45, 2.75) is 40.0 Å². The zero-order valence-electron chi connectivity index (χ0n) is 13.1. The van der Waals surface area contributed by atoms with E-state index >= 15 is 0 Å². The highest BCUT2D eigenvalue weighted by molar-refractivity contribution is 5.81. The van der Waals surface area contributed by atoms with E-state index in [1.54, 1.807) is 6.20 Å². The molecule has 1 rings (SSSR count). The maximum absolute atomic E-state index is 11.6. The number of rotatable bonds is 7. The summed E-state index contributed by atoms with van der Waals surface area (Å²) in [4.78, 5) is 27.4. The first kappa shape index (κ1) is 17.1. The molecule has 116 valence electrons. The van der Waals surface area contributed by atoms with Gasteiger partial charge in [0.15, 0.2) is 0 Å². The van der Waals surface area contributed by atoms with Crippen LogP contribution >= 0.6 is 0 Å². The lowest BCUT2D eigenvalue weighted by Crippen LogP contribution is -2.35. The molecule has 0 aliphatic carbocycles. The van der Waals surface area contributed by atoms with Gasteiger partial charge in [-0.1, -0.05) is 26.8 Å². The Balaban J connectivity index is 2.08. The first-order valence-electron chi connectivity index (χ1n) is 7.34. The van der Waals surface area contributed by atoms with Crippen LogP contribution in [0, 0.1) is 5.41 Å². The van der Waals surface area contributed by atoms with Gasteiger partial charge in [0.1, 0.15) is 0 Å². The van der Waals surface area contributed by atoms with Crippen LogP contribution < -0.4 is 10.6 Å². The molecule has 21 heavy (non-hydrogen) atoms. The molecule has 5 heteroatoms. The van der Waals surface area contributed by atoms with Crippen molar-refractivity contribution in [2.24, 2.45) is 5.41 Å². The van der Waals surface area contributed by atoms with Crippen LogP contribution in [0.5, 0.6) is 0 Å². The number of hydrogen-bond acceptors (Lipinski definition) is 3. The maximum Gasteiger partial charge on any atom is 0.225 e. The molecule has 0 spiro atoms. The lowest BCUT2D eigenvalue weighted by Gasteiger charge is -2.17. The molecule has 0 fully saturated rings. The minimum absolute atomic E-state index is 0.0101. The third-order valence-electron chi connectivity index (χ3n) is 2.98. The number of carbonyl (C=O) groups is 2. The predicted molar refractivity (Wildman–Crippen MR) is 82.6 cm³/mol. The molecule has 0 aliphatic rings. The van der Waals surface area contributed by atoms with Crippen LogP contribution in [0.1, 0.15) is 39.3 Å². The molecule has 5 nitrogen and oxygen atoms in total. The van der Waals surface area contributed by atoms with E-state index in [0.29, 0.717) is 25.9 Å². The minimum Gasteiger partial charge on any atom is -0.356 e. The standard InChI is InChI=1S/C16H25N3O2/c1-16(2,3)15(21)19-11-6-8-14(20)18-12-9-13-7-4-5-10-17-13/h4-5,7,10H,6,8-9,11-12H2,1-3H3,(H,18,20)(H,19,21). The van der Waals surface area contributed by atoms with Gasteiger partial charge in [-0.3, -0.25) is 14.6 Å². The second kappa shape index (κ2) is 8.39. The van der Waals surface area contributed by atoms with Crippen molar-refractivity contribution >= 4 is 11.8 Å². The summed E-state index contributed by atoms with van der Waals surface area (Å²) >= 11 is 0. The van der Waals surface area contributed by atoms with Gasteiger partial charge in [0, 0.05) is 43.2 Å². The summed E-state index contributed by atoms with van der Waals surface area (Å²) in [7, 11) is 0. The van der Waals surface area contributed by atoms with Gasteiger partial charge in [-0.2, -0.15) is 0 Å². The topological polar surface area (TPSA) is 71.1 Å². The van der Waals surface area contributed by atoms with Crippen LogP contribution in [0.4, 0.5) is 0 Å². The van der Waals surface area contributed by atoms with Gasteiger partial charge in [-0.05, 0) is 18.6 Å². The Bertz CT molecular complexity index is 452. The molecule has 0 saturated heterocycles. The fourth-order valence-electron chi connectivity index (χ4n) is 1.68. The van der Waals surface area contributed by atoms with Crippen LogP contribution in [0.25, 0.3) is 0 Å². The molecular formula is C16H25N3O2. The SMILES string of the molecule is CC(C)(C)C(=O)NCCCC(=O)NCCc1ccccn1. The zero-order valence-corrected chi connectivity index (χ0v) is 13.1. The lowest BCUT2D eigenvalue weighted by atomic mass is 9.96. The van der Waals surface area contributed by atoms with Crippen molar-refractivity contribution < 1.29 is 9.59 Å². The molecule has 0 saturated carbocycles. The van der Waals surface area contributed by atoms with Gasteiger partial charge in [0.2, 0.25) is 11.8 Å². The number of pyridine rings is 1. The predicted octanol–water partition coefficient (Wildman–Crippen LogP) is 1.68. The van der Waals surface area contributed by atoms with Crippen LogP contribution in [0.3, 0.4) is 0 Å². The van der Waals surface area contributed by atoms with E-state index in [1.807, 2.05) is 39.0 Å². The average molecular weight is 291 g/mol. The Morgan fingerprint density at radius 1 is 1.14 bits per heavy atom. The molecule has 0 aliphatic heterocycles. The highest BCUT2D eigenvalue weighted by atomic mass is 16.2. The van der Waals surface area contributed by atoms with E-state index in [-0.39, 0.29) is 17.2 Å². The largest absolute Gasteiger partial charge is 0.356 e. The molecule has 0 radical (unpaired) electrons. The highest BCUT2D eigenvalue weighted by Crippen LogP contribution is 2.12. The van der Waals surface area contributed by atoms with Gasteiger partial charge >= 0.3 is 0 Å². The molecule has 0 unspecified atom stereocenters. The van der Waals surface area contributed by atoms with E-state index in [1.165, 1.54) is 0 Å². The summed E-state index contributed by atoms with van der Waals surface area (Å²) in [5.74, 6) is 0.0222. The summed E-state index contributed by atoms with van der Waals surface area (Å²) in [6.07, 6.45) is 3.55. The van der Waals surface area contributed by atoms with Crippen molar-refractivity contribution in [3.05, 3.63) is 30.1 Å². The Labute approximate surface area is 126 Å². The van der Waals surface area contributed by atoms with Crippen molar-refractivity contribution in [3.63, 3.8) is 0 Å². The van der Waals surface area contributed by atoms with Gasteiger partial charge in [-0.25, -0.2) is 0 Å². The van der Waals surface area contributed by atoms with Crippen molar-refractivity contribution in [1.82, 2.24) is 15.6 Å². The summed E-state index contributed by atoms with van der Waals surface area (Å²) in [6, 6.07) is 5.74. The molecule has 0 bridgehead atoms. The number of nitrogens with one attached hydrogen (secondary N) is 2. The molecule has 1 heterocycles. The van der Waals surface area contributed by atoms with Crippen molar-refractivity contribution in [3.8, 4) is 0 Å². The summed E-state index contributed by atoms with van der Waals surface area (Å²) in [5.41, 5.74) is 0.584. The first-order valence-corrected chi connectivity index (χ1v) is 7.34. The van der Waals surface area contributed by atoms with Crippen molar-refractivity contribution in [1.29, 1.82) is 0 Å². The molecule has 2 N–H and O–H groups in total. The Morgan fingerprint density at radius 3 is 2.52 bits per heavy atom. The molecule has 2 amide bonds. The monoisotopic (exact) mass is 291 g/mol.